The highest BCUT2D eigenvalue weighted by Gasteiger charge is 2.37. The number of fused-ring (bicyclic) bond motifs is 1. The minimum Gasteiger partial charge on any atom is -0.314 e. The molecule has 0 saturated carbocycles. The molecule has 2 aliphatic rings. The van der Waals surface area contributed by atoms with E-state index in [-0.39, 0.29) is 0 Å². The topological polar surface area (TPSA) is 62.3 Å². The normalized spacial score (nSPS) is 29.1. The Bertz CT molecular complexity index is 517. The minimum atomic E-state index is -3.36. The van der Waals surface area contributed by atoms with Crippen LogP contribution in [0.1, 0.15) is 12.8 Å². The van der Waals surface area contributed by atoms with Crippen LogP contribution >= 0.6 is 0 Å². The van der Waals surface area contributed by atoms with E-state index in [2.05, 4.69) is 10.3 Å². The molecule has 2 unspecified atom stereocenters. The zero-order chi connectivity index (χ0) is 12.6. The SMILES string of the molecule is O=S(=O)(c1cccnc1)N1CCC2NCCC2C1. The summed E-state index contributed by atoms with van der Waals surface area (Å²) in [5, 5.41) is 3.44. The van der Waals surface area contributed by atoms with Crippen LogP contribution in [0.4, 0.5) is 0 Å². The molecule has 0 amide bonds. The summed E-state index contributed by atoms with van der Waals surface area (Å²) in [5.74, 6) is 0.463. The Morgan fingerprint density at radius 1 is 1.39 bits per heavy atom. The molecular weight excluding hydrogens is 250 g/mol. The lowest BCUT2D eigenvalue weighted by molar-refractivity contribution is 0.247. The van der Waals surface area contributed by atoms with Crippen molar-refractivity contribution in [3.63, 3.8) is 0 Å². The van der Waals surface area contributed by atoms with E-state index < -0.39 is 10.0 Å². The molecule has 98 valence electrons. The van der Waals surface area contributed by atoms with Crippen molar-refractivity contribution in [2.45, 2.75) is 23.8 Å². The number of pyridine rings is 1. The van der Waals surface area contributed by atoms with E-state index in [1.54, 1.807) is 22.6 Å². The molecule has 1 aromatic rings. The summed E-state index contributed by atoms with van der Waals surface area (Å²) in [4.78, 5) is 4.19. The lowest BCUT2D eigenvalue weighted by Gasteiger charge is -2.33. The van der Waals surface area contributed by atoms with E-state index in [9.17, 15) is 8.42 Å². The minimum absolute atomic E-state index is 0.300. The molecule has 1 N–H and O–H groups in total. The van der Waals surface area contributed by atoms with Gasteiger partial charge in [-0.15, -0.1) is 0 Å². The molecule has 18 heavy (non-hydrogen) atoms. The summed E-state index contributed by atoms with van der Waals surface area (Å²) < 4.78 is 26.5. The third kappa shape index (κ3) is 2.04. The van der Waals surface area contributed by atoms with Crippen LogP contribution in [0.25, 0.3) is 0 Å². The first kappa shape index (κ1) is 12.1. The number of aromatic nitrogens is 1. The van der Waals surface area contributed by atoms with E-state index in [1.807, 2.05) is 0 Å². The van der Waals surface area contributed by atoms with Crippen LogP contribution in [0.15, 0.2) is 29.4 Å². The van der Waals surface area contributed by atoms with Gasteiger partial charge in [-0.05, 0) is 37.4 Å². The number of sulfonamides is 1. The van der Waals surface area contributed by atoms with E-state index in [1.165, 1.54) is 6.20 Å². The highest BCUT2D eigenvalue weighted by Crippen LogP contribution is 2.28. The van der Waals surface area contributed by atoms with Gasteiger partial charge in [0, 0.05) is 31.5 Å². The maximum Gasteiger partial charge on any atom is 0.244 e. The average molecular weight is 267 g/mol. The van der Waals surface area contributed by atoms with Crippen LogP contribution in [0.5, 0.6) is 0 Å². The number of nitrogens with one attached hydrogen (secondary N) is 1. The first-order valence-corrected chi connectivity index (χ1v) is 7.75. The fourth-order valence-electron chi connectivity index (χ4n) is 2.88. The molecule has 1 aromatic heterocycles. The van der Waals surface area contributed by atoms with Crippen molar-refractivity contribution in [1.82, 2.24) is 14.6 Å². The van der Waals surface area contributed by atoms with Crippen LogP contribution < -0.4 is 5.32 Å². The number of nitrogens with zero attached hydrogens (tertiary/aromatic N) is 2. The third-order valence-electron chi connectivity index (χ3n) is 3.89. The number of hydrogen-bond donors (Lipinski definition) is 1. The second kappa shape index (κ2) is 4.60. The van der Waals surface area contributed by atoms with Crippen molar-refractivity contribution in [2.24, 2.45) is 5.92 Å². The molecule has 2 atom stereocenters. The van der Waals surface area contributed by atoms with Gasteiger partial charge in [-0.25, -0.2) is 8.42 Å². The van der Waals surface area contributed by atoms with Gasteiger partial charge in [0.05, 0.1) is 0 Å². The van der Waals surface area contributed by atoms with Gasteiger partial charge in [0.1, 0.15) is 4.90 Å². The molecule has 0 aromatic carbocycles. The zero-order valence-corrected chi connectivity index (χ0v) is 10.9. The van der Waals surface area contributed by atoms with Crippen molar-refractivity contribution in [1.29, 1.82) is 0 Å². The molecule has 6 heteroatoms. The molecule has 2 fully saturated rings. The summed E-state index contributed by atoms with van der Waals surface area (Å²) in [7, 11) is -3.36. The first-order valence-electron chi connectivity index (χ1n) is 6.31. The van der Waals surface area contributed by atoms with Crippen molar-refractivity contribution >= 4 is 10.0 Å². The van der Waals surface area contributed by atoms with Crippen molar-refractivity contribution < 1.29 is 8.42 Å². The number of hydrogen-bond acceptors (Lipinski definition) is 4. The fraction of sp³-hybridized carbons (Fsp3) is 0.583. The highest BCUT2D eigenvalue weighted by atomic mass is 32.2. The Kier molecular flexibility index (Phi) is 3.09. The lowest BCUT2D eigenvalue weighted by Crippen LogP contribution is -2.46. The Labute approximate surface area is 107 Å². The zero-order valence-electron chi connectivity index (χ0n) is 10.1. The van der Waals surface area contributed by atoms with Crippen LogP contribution in [0.2, 0.25) is 0 Å². The Morgan fingerprint density at radius 2 is 2.28 bits per heavy atom. The summed E-state index contributed by atoms with van der Waals surface area (Å²) in [6, 6.07) is 3.78. The second-order valence-corrected chi connectivity index (χ2v) is 6.89. The average Bonchev–Trinajstić information content (AvgIpc) is 2.87. The van der Waals surface area contributed by atoms with Gasteiger partial charge in [-0.2, -0.15) is 4.31 Å². The van der Waals surface area contributed by atoms with E-state index in [0.717, 1.165) is 19.4 Å². The molecule has 2 aliphatic heterocycles. The molecule has 5 nitrogen and oxygen atoms in total. The standard InChI is InChI=1S/C12H17N3O2S/c16-18(17,11-2-1-5-13-8-11)15-7-4-12-10(9-15)3-6-14-12/h1-2,5,8,10,12,14H,3-4,6-7,9H2. The van der Waals surface area contributed by atoms with Crippen LogP contribution in [0, 0.1) is 5.92 Å². The van der Waals surface area contributed by atoms with E-state index in [0.29, 0.717) is 29.9 Å². The number of rotatable bonds is 2. The van der Waals surface area contributed by atoms with Gasteiger partial charge in [0.25, 0.3) is 0 Å². The van der Waals surface area contributed by atoms with E-state index in [4.69, 9.17) is 0 Å². The van der Waals surface area contributed by atoms with Gasteiger partial charge < -0.3 is 5.32 Å². The molecular formula is C12H17N3O2S. The molecule has 3 heterocycles. The molecule has 0 bridgehead atoms. The summed E-state index contributed by atoms with van der Waals surface area (Å²) in [5.41, 5.74) is 0. The Balaban J connectivity index is 1.82. The monoisotopic (exact) mass is 267 g/mol. The van der Waals surface area contributed by atoms with Gasteiger partial charge in [0.2, 0.25) is 10.0 Å². The summed E-state index contributed by atoms with van der Waals surface area (Å²) in [6.07, 6.45) is 4.99. The Morgan fingerprint density at radius 3 is 3.06 bits per heavy atom. The first-order chi connectivity index (χ1) is 8.68. The number of piperidine rings is 1. The molecule has 0 radical (unpaired) electrons. The van der Waals surface area contributed by atoms with Gasteiger partial charge in [-0.3, -0.25) is 4.98 Å². The molecule has 3 rings (SSSR count). The predicted octanol–water partition coefficient (Wildman–Crippen LogP) is 0.454. The van der Waals surface area contributed by atoms with Crippen molar-refractivity contribution in [3.8, 4) is 0 Å². The van der Waals surface area contributed by atoms with Crippen molar-refractivity contribution in [2.75, 3.05) is 19.6 Å². The highest BCUT2D eigenvalue weighted by molar-refractivity contribution is 7.89. The largest absolute Gasteiger partial charge is 0.314 e. The summed E-state index contributed by atoms with van der Waals surface area (Å²) >= 11 is 0. The summed E-state index contributed by atoms with van der Waals surface area (Å²) in [6.45, 7) is 2.25. The maximum absolute atomic E-state index is 12.4. The lowest BCUT2D eigenvalue weighted by atomic mass is 9.95. The Hall–Kier alpha value is -0.980. The van der Waals surface area contributed by atoms with Gasteiger partial charge in [-0.1, -0.05) is 0 Å². The molecule has 2 saturated heterocycles. The molecule has 0 aliphatic carbocycles. The van der Waals surface area contributed by atoms with Crippen molar-refractivity contribution in [3.05, 3.63) is 24.5 Å². The van der Waals surface area contributed by atoms with Crippen LogP contribution in [-0.2, 0) is 10.0 Å². The van der Waals surface area contributed by atoms with Crippen LogP contribution in [-0.4, -0.2) is 43.4 Å². The second-order valence-electron chi connectivity index (χ2n) is 4.95. The smallest absolute Gasteiger partial charge is 0.244 e. The van der Waals surface area contributed by atoms with Gasteiger partial charge >= 0.3 is 0 Å². The molecule has 0 spiro atoms. The van der Waals surface area contributed by atoms with Crippen LogP contribution in [0.3, 0.4) is 0 Å². The van der Waals surface area contributed by atoms with E-state index >= 15 is 0 Å². The predicted molar refractivity (Wildman–Crippen MR) is 67.5 cm³/mol. The maximum atomic E-state index is 12.4. The third-order valence-corrected chi connectivity index (χ3v) is 5.74. The fourth-order valence-corrected chi connectivity index (χ4v) is 4.36. The quantitative estimate of drug-likeness (QED) is 0.845. The van der Waals surface area contributed by atoms with Gasteiger partial charge in [0.15, 0.2) is 0 Å².